The van der Waals surface area contributed by atoms with Crippen molar-refractivity contribution in [3.8, 4) is 0 Å². The van der Waals surface area contributed by atoms with Crippen LogP contribution in [0.25, 0.3) is 10.9 Å². The van der Waals surface area contributed by atoms with E-state index in [1.807, 2.05) is 4.68 Å². The summed E-state index contributed by atoms with van der Waals surface area (Å²) >= 11 is 0. The van der Waals surface area contributed by atoms with Crippen molar-refractivity contribution in [3.63, 3.8) is 0 Å². The van der Waals surface area contributed by atoms with E-state index in [-0.39, 0.29) is 10.6 Å². The van der Waals surface area contributed by atoms with Crippen molar-refractivity contribution in [2.75, 3.05) is 32.8 Å². The summed E-state index contributed by atoms with van der Waals surface area (Å²) in [7, 11) is 0. The lowest BCUT2D eigenvalue weighted by atomic mass is 10.1. The van der Waals surface area contributed by atoms with Crippen molar-refractivity contribution in [1.82, 2.24) is 14.7 Å². The molecule has 124 valence electrons. The number of hydrogen-bond acceptors (Lipinski definition) is 5. The van der Waals surface area contributed by atoms with Crippen LogP contribution in [0.15, 0.2) is 24.4 Å². The van der Waals surface area contributed by atoms with Gasteiger partial charge in [0, 0.05) is 24.1 Å². The van der Waals surface area contributed by atoms with Gasteiger partial charge < -0.3 is 9.64 Å². The number of nitro groups is 1. The second-order valence-corrected chi connectivity index (χ2v) is 5.88. The molecule has 0 aliphatic carbocycles. The lowest BCUT2D eigenvalue weighted by Gasteiger charge is -2.26. The van der Waals surface area contributed by atoms with Gasteiger partial charge in [-0.25, -0.2) is 0 Å². The zero-order valence-corrected chi connectivity index (χ0v) is 13.2. The minimum absolute atomic E-state index is 0.0924. The second-order valence-electron chi connectivity index (χ2n) is 5.88. The molecule has 0 amide bonds. The van der Waals surface area contributed by atoms with E-state index in [9.17, 15) is 10.1 Å². The Bertz CT molecular complexity index is 664. The van der Waals surface area contributed by atoms with E-state index in [2.05, 4.69) is 10.00 Å². The largest absolute Gasteiger partial charge is 0.378 e. The molecule has 2 heterocycles. The van der Waals surface area contributed by atoms with Crippen LogP contribution < -0.4 is 0 Å². The van der Waals surface area contributed by atoms with Gasteiger partial charge in [-0.05, 0) is 32.0 Å². The van der Waals surface area contributed by atoms with Crippen molar-refractivity contribution < 1.29 is 9.66 Å². The van der Waals surface area contributed by atoms with E-state index >= 15 is 0 Å². The first-order valence-electron chi connectivity index (χ1n) is 8.14. The first kappa shape index (κ1) is 15.9. The zero-order chi connectivity index (χ0) is 16.1. The predicted octanol–water partition coefficient (Wildman–Crippen LogP) is 2.45. The van der Waals surface area contributed by atoms with Gasteiger partial charge in [-0.15, -0.1) is 0 Å². The Morgan fingerprint density at radius 1 is 1.17 bits per heavy atom. The normalized spacial score (nSPS) is 16.0. The van der Waals surface area contributed by atoms with Crippen molar-refractivity contribution in [2.24, 2.45) is 0 Å². The number of hydrogen-bond donors (Lipinski definition) is 0. The number of nitro benzene ring substituents is 1. The van der Waals surface area contributed by atoms with Crippen LogP contribution in [0.3, 0.4) is 0 Å². The third kappa shape index (κ3) is 4.05. The summed E-state index contributed by atoms with van der Waals surface area (Å²) in [5.74, 6) is 0. The topological polar surface area (TPSA) is 73.4 Å². The highest BCUT2D eigenvalue weighted by molar-refractivity contribution is 5.81. The van der Waals surface area contributed by atoms with E-state index in [0.29, 0.717) is 13.2 Å². The van der Waals surface area contributed by atoms with Gasteiger partial charge >= 0.3 is 0 Å². The number of ether oxygens (including phenoxy) is 1. The highest BCUT2D eigenvalue weighted by Gasteiger charge is 2.10. The molecule has 1 saturated heterocycles. The molecular weight excluding hydrogens is 296 g/mol. The van der Waals surface area contributed by atoms with Crippen LogP contribution in [0.2, 0.25) is 0 Å². The molecule has 23 heavy (non-hydrogen) atoms. The maximum atomic E-state index is 10.8. The van der Waals surface area contributed by atoms with Gasteiger partial charge in [0.1, 0.15) is 0 Å². The fourth-order valence-corrected chi connectivity index (χ4v) is 3.00. The van der Waals surface area contributed by atoms with Gasteiger partial charge in [0.05, 0.1) is 36.4 Å². The molecule has 1 fully saturated rings. The monoisotopic (exact) mass is 318 g/mol. The number of nitrogens with zero attached hydrogens (tertiary/aromatic N) is 4. The molecule has 3 rings (SSSR count). The quantitative estimate of drug-likeness (QED) is 0.445. The molecule has 1 aromatic carbocycles. The van der Waals surface area contributed by atoms with Crippen LogP contribution in [0.4, 0.5) is 5.69 Å². The Morgan fingerprint density at radius 2 is 1.96 bits per heavy atom. The summed E-state index contributed by atoms with van der Waals surface area (Å²) < 4.78 is 7.54. The number of fused-ring (bicyclic) bond motifs is 1. The van der Waals surface area contributed by atoms with Gasteiger partial charge in [0.2, 0.25) is 0 Å². The highest BCUT2D eigenvalue weighted by atomic mass is 16.6. The molecule has 0 spiro atoms. The number of non-ortho nitro benzene ring substituents is 1. The fourth-order valence-electron chi connectivity index (χ4n) is 3.00. The first-order valence-corrected chi connectivity index (χ1v) is 8.14. The standard InChI is InChI=1S/C16H22N4O3/c21-20(22)15-4-5-16-14(12-15)13-17-19(16)9-11-23-10-8-18-6-2-1-3-7-18/h4-5,12-13H,1-3,6-11H2. The summed E-state index contributed by atoms with van der Waals surface area (Å²) in [4.78, 5) is 12.8. The molecule has 1 aromatic heterocycles. The van der Waals surface area contributed by atoms with E-state index in [0.717, 1.165) is 24.1 Å². The Kier molecular flexibility index (Phi) is 5.19. The fraction of sp³-hybridized carbons (Fsp3) is 0.562. The maximum absolute atomic E-state index is 10.8. The number of aromatic nitrogens is 2. The molecule has 0 atom stereocenters. The number of likely N-dealkylation sites (tertiary alicyclic amines) is 1. The lowest BCUT2D eigenvalue weighted by Crippen LogP contribution is -2.32. The minimum Gasteiger partial charge on any atom is -0.378 e. The third-order valence-electron chi connectivity index (χ3n) is 4.28. The number of piperidine rings is 1. The molecule has 1 aliphatic heterocycles. The number of benzene rings is 1. The molecule has 0 saturated carbocycles. The predicted molar refractivity (Wildman–Crippen MR) is 87.5 cm³/mol. The van der Waals surface area contributed by atoms with Gasteiger partial charge in [0.15, 0.2) is 0 Å². The first-order chi connectivity index (χ1) is 11.2. The molecule has 0 radical (unpaired) electrons. The minimum atomic E-state index is -0.388. The Labute approximate surface area is 135 Å². The van der Waals surface area contributed by atoms with Crippen LogP contribution in [0.1, 0.15) is 19.3 Å². The molecule has 7 heteroatoms. The Balaban J connectivity index is 1.46. The van der Waals surface area contributed by atoms with Crippen LogP contribution in [0, 0.1) is 10.1 Å². The van der Waals surface area contributed by atoms with E-state index in [1.54, 1.807) is 18.3 Å². The molecule has 0 bridgehead atoms. The van der Waals surface area contributed by atoms with Gasteiger partial charge in [-0.3, -0.25) is 14.8 Å². The third-order valence-corrected chi connectivity index (χ3v) is 4.28. The molecule has 0 N–H and O–H groups in total. The summed E-state index contributed by atoms with van der Waals surface area (Å²) in [5, 5.41) is 15.9. The summed E-state index contributed by atoms with van der Waals surface area (Å²) in [5.41, 5.74) is 0.991. The highest BCUT2D eigenvalue weighted by Crippen LogP contribution is 2.20. The van der Waals surface area contributed by atoms with Gasteiger partial charge in [-0.1, -0.05) is 6.42 Å². The molecule has 1 aliphatic rings. The SMILES string of the molecule is O=[N+]([O-])c1ccc2c(cnn2CCOCCN2CCCCC2)c1. The molecular formula is C16H22N4O3. The van der Waals surface area contributed by atoms with Gasteiger partial charge in [-0.2, -0.15) is 5.10 Å². The van der Waals surface area contributed by atoms with E-state index in [1.165, 1.54) is 38.4 Å². The molecule has 0 unspecified atom stereocenters. The van der Waals surface area contributed by atoms with Crippen molar-refractivity contribution in [2.45, 2.75) is 25.8 Å². The maximum Gasteiger partial charge on any atom is 0.270 e. The Hall–Kier alpha value is -1.99. The molecule has 7 nitrogen and oxygen atoms in total. The van der Waals surface area contributed by atoms with Crippen LogP contribution in [-0.2, 0) is 11.3 Å². The van der Waals surface area contributed by atoms with Crippen molar-refractivity contribution in [1.29, 1.82) is 0 Å². The summed E-state index contributed by atoms with van der Waals surface area (Å²) in [6.45, 7) is 5.36. The Morgan fingerprint density at radius 3 is 2.74 bits per heavy atom. The summed E-state index contributed by atoms with van der Waals surface area (Å²) in [6.07, 6.45) is 5.61. The number of rotatable bonds is 7. The zero-order valence-electron chi connectivity index (χ0n) is 13.2. The average molecular weight is 318 g/mol. The van der Waals surface area contributed by atoms with Crippen molar-refractivity contribution in [3.05, 3.63) is 34.5 Å². The average Bonchev–Trinajstić information content (AvgIpc) is 2.98. The second kappa shape index (κ2) is 7.52. The van der Waals surface area contributed by atoms with E-state index < -0.39 is 0 Å². The van der Waals surface area contributed by atoms with Crippen LogP contribution >= 0.6 is 0 Å². The van der Waals surface area contributed by atoms with Gasteiger partial charge in [0.25, 0.3) is 5.69 Å². The van der Waals surface area contributed by atoms with Crippen LogP contribution in [-0.4, -0.2) is 52.5 Å². The molecule has 2 aromatic rings. The van der Waals surface area contributed by atoms with Crippen LogP contribution in [0.5, 0.6) is 0 Å². The van der Waals surface area contributed by atoms with E-state index in [4.69, 9.17) is 4.74 Å². The summed E-state index contributed by atoms with van der Waals surface area (Å²) in [6, 6.07) is 4.81. The van der Waals surface area contributed by atoms with Crippen molar-refractivity contribution >= 4 is 16.6 Å². The lowest BCUT2D eigenvalue weighted by molar-refractivity contribution is -0.384. The smallest absolute Gasteiger partial charge is 0.270 e.